The van der Waals surface area contributed by atoms with Crippen molar-refractivity contribution in [2.45, 2.75) is 39.7 Å². The molecule has 0 unspecified atom stereocenters. The van der Waals surface area contributed by atoms with E-state index in [2.05, 4.69) is 13.8 Å². The van der Waals surface area contributed by atoms with Gasteiger partial charge in [-0.2, -0.15) is 5.26 Å². The van der Waals surface area contributed by atoms with Crippen LogP contribution in [-0.2, 0) is 19.4 Å². The number of nitriles is 1. The van der Waals surface area contributed by atoms with Gasteiger partial charge in [0.05, 0.1) is 31.3 Å². The first kappa shape index (κ1) is 24.5. The van der Waals surface area contributed by atoms with Crippen LogP contribution in [0.1, 0.15) is 39.2 Å². The van der Waals surface area contributed by atoms with Crippen LogP contribution in [0, 0.1) is 17.2 Å². The zero-order valence-corrected chi connectivity index (χ0v) is 20.1. The Hall–Kier alpha value is -3.12. The van der Waals surface area contributed by atoms with Crippen molar-refractivity contribution < 1.29 is 27.5 Å². The van der Waals surface area contributed by atoms with Gasteiger partial charge in [0, 0.05) is 5.57 Å². The summed E-state index contributed by atoms with van der Waals surface area (Å²) in [4.78, 5) is 27.0. The van der Waals surface area contributed by atoms with E-state index >= 15 is 0 Å². The number of sulfone groups is 1. The van der Waals surface area contributed by atoms with Crippen LogP contribution in [0.4, 0.5) is 0 Å². The third-order valence-electron chi connectivity index (χ3n) is 5.80. The van der Waals surface area contributed by atoms with Crippen molar-refractivity contribution in [2.75, 3.05) is 25.2 Å². The van der Waals surface area contributed by atoms with E-state index in [9.17, 15) is 23.3 Å². The summed E-state index contributed by atoms with van der Waals surface area (Å²) in [6.45, 7) is 6.31. The van der Waals surface area contributed by atoms with E-state index in [0.29, 0.717) is 29.6 Å². The fourth-order valence-electron chi connectivity index (χ4n) is 3.87. The Morgan fingerprint density at radius 1 is 1.24 bits per heavy atom. The van der Waals surface area contributed by atoms with Gasteiger partial charge >= 0.3 is 0 Å². The predicted octanol–water partition coefficient (Wildman–Crippen LogP) is 2.90. The molecule has 0 bridgehead atoms. The summed E-state index contributed by atoms with van der Waals surface area (Å²) in [5.74, 6) is -0.149. The first-order chi connectivity index (χ1) is 15.6. The molecule has 0 radical (unpaired) electrons. The van der Waals surface area contributed by atoms with Gasteiger partial charge in [0.2, 0.25) is 0 Å². The van der Waals surface area contributed by atoms with Crippen LogP contribution in [0.25, 0.3) is 6.08 Å². The maximum absolute atomic E-state index is 13.3. The lowest BCUT2D eigenvalue weighted by Crippen LogP contribution is -2.49. The van der Waals surface area contributed by atoms with Crippen molar-refractivity contribution in [3.05, 3.63) is 40.5 Å². The fraction of sp³-hybridized carbons (Fsp3) is 0.458. The number of hydrogen-bond donors (Lipinski definition) is 0. The van der Waals surface area contributed by atoms with E-state index in [1.165, 1.54) is 7.11 Å². The molecular weight excluding hydrogens is 444 g/mol. The van der Waals surface area contributed by atoms with Crippen molar-refractivity contribution in [3.8, 4) is 17.6 Å². The third kappa shape index (κ3) is 5.28. The van der Waals surface area contributed by atoms with Gasteiger partial charge in [0.1, 0.15) is 11.6 Å². The molecule has 2 aliphatic rings. The molecule has 8 nitrogen and oxygen atoms in total. The van der Waals surface area contributed by atoms with E-state index in [-0.39, 0.29) is 34.6 Å². The van der Waals surface area contributed by atoms with E-state index in [1.807, 2.05) is 6.07 Å². The van der Waals surface area contributed by atoms with Gasteiger partial charge < -0.3 is 9.47 Å². The SMILES string of the molecule is COc1cc(/C=C2\C(=O)N([C@H]3CCS(=O)(=O)C3)C(=O)C(C#N)=C2C)ccc1OCCC(C)C. The van der Waals surface area contributed by atoms with Gasteiger partial charge in [-0.05, 0) is 55.0 Å². The maximum atomic E-state index is 13.3. The number of benzene rings is 1. The molecule has 1 aromatic carbocycles. The molecule has 0 aromatic heterocycles. The topological polar surface area (TPSA) is 114 Å². The van der Waals surface area contributed by atoms with Gasteiger partial charge in [-0.15, -0.1) is 0 Å². The van der Waals surface area contributed by atoms with Crippen molar-refractivity contribution in [2.24, 2.45) is 5.92 Å². The molecule has 9 heteroatoms. The highest BCUT2D eigenvalue weighted by molar-refractivity contribution is 7.91. The zero-order chi connectivity index (χ0) is 24.3. The van der Waals surface area contributed by atoms with Crippen LogP contribution < -0.4 is 9.47 Å². The van der Waals surface area contributed by atoms with Crippen LogP contribution >= 0.6 is 0 Å². The summed E-state index contributed by atoms with van der Waals surface area (Å²) < 4.78 is 35.1. The molecule has 2 aliphatic heterocycles. The van der Waals surface area contributed by atoms with E-state index in [4.69, 9.17) is 9.47 Å². The third-order valence-corrected chi connectivity index (χ3v) is 7.55. The Morgan fingerprint density at radius 2 is 1.97 bits per heavy atom. The monoisotopic (exact) mass is 472 g/mol. The lowest BCUT2D eigenvalue weighted by atomic mass is 9.92. The molecule has 1 atom stereocenters. The standard InChI is InChI=1S/C24H28N2O6S/c1-15(2)7-9-32-21-6-5-17(12-22(21)31-4)11-19-16(3)20(13-25)24(28)26(23(19)27)18-8-10-33(29,30)14-18/h5-6,11-12,15,18H,7-10,14H2,1-4H3/b19-11-/t18-/m0/s1. The predicted molar refractivity (Wildman–Crippen MR) is 123 cm³/mol. The smallest absolute Gasteiger partial charge is 0.271 e. The van der Waals surface area contributed by atoms with E-state index in [1.54, 1.807) is 31.2 Å². The molecular formula is C24H28N2O6S. The summed E-state index contributed by atoms with van der Waals surface area (Å²) in [6, 6.07) is 6.32. The Morgan fingerprint density at radius 3 is 2.55 bits per heavy atom. The molecule has 1 saturated heterocycles. The second-order valence-corrected chi connectivity index (χ2v) is 10.9. The van der Waals surface area contributed by atoms with E-state index in [0.717, 1.165) is 11.3 Å². The number of imide groups is 1. The second-order valence-electron chi connectivity index (χ2n) is 8.65. The number of carbonyl (C=O) groups is 2. The molecule has 33 heavy (non-hydrogen) atoms. The van der Waals surface area contributed by atoms with Crippen molar-refractivity contribution in [3.63, 3.8) is 0 Å². The number of amides is 2. The molecule has 0 saturated carbocycles. The van der Waals surface area contributed by atoms with Crippen LogP contribution in [0.3, 0.4) is 0 Å². The van der Waals surface area contributed by atoms with Crippen LogP contribution in [0.15, 0.2) is 34.9 Å². The summed E-state index contributed by atoms with van der Waals surface area (Å²) >= 11 is 0. The summed E-state index contributed by atoms with van der Waals surface area (Å²) in [5, 5.41) is 9.56. The lowest BCUT2D eigenvalue weighted by molar-refractivity contribution is -0.142. The lowest BCUT2D eigenvalue weighted by Gasteiger charge is -2.31. The Balaban J connectivity index is 1.97. The minimum absolute atomic E-state index is 0.0895. The fourth-order valence-corrected chi connectivity index (χ4v) is 5.57. The van der Waals surface area contributed by atoms with Gasteiger partial charge in [0.15, 0.2) is 21.3 Å². The van der Waals surface area contributed by atoms with Gasteiger partial charge in [0.25, 0.3) is 11.8 Å². The minimum Gasteiger partial charge on any atom is -0.493 e. The Bertz CT molecular complexity index is 1170. The zero-order valence-electron chi connectivity index (χ0n) is 19.3. The van der Waals surface area contributed by atoms with Crippen molar-refractivity contribution in [1.82, 2.24) is 4.90 Å². The number of ether oxygens (including phenoxy) is 2. The maximum Gasteiger partial charge on any atom is 0.271 e. The first-order valence-corrected chi connectivity index (χ1v) is 12.6. The van der Waals surface area contributed by atoms with E-state index < -0.39 is 27.7 Å². The molecule has 0 aliphatic carbocycles. The molecule has 2 amide bonds. The number of carbonyl (C=O) groups excluding carboxylic acids is 2. The summed E-state index contributed by atoms with van der Waals surface area (Å²) in [6.07, 6.45) is 2.64. The normalized spacial score (nSPS) is 21.6. The molecule has 1 fully saturated rings. The Kier molecular flexibility index (Phi) is 7.28. The van der Waals surface area contributed by atoms with Gasteiger partial charge in [-0.3, -0.25) is 14.5 Å². The summed E-state index contributed by atoms with van der Waals surface area (Å²) in [5.41, 5.74) is 0.897. The molecule has 0 spiro atoms. The highest BCUT2D eigenvalue weighted by Gasteiger charge is 2.43. The van der Waals surface area contributed by atoms with Crippen LogP contribution in [-0.4, -0.2) is 56.4 Å². The highest BCUT2D eigenvalue weighted by atomic mass is 32.2. The van der Waals surface area contributed by atoms with Crippen LogP contribution in [0.5, 0.6) is 11.5 Å². The van der Waals surface area contributed by atoms with Gasteiger partial charge in [-0.1, -0.05) is 19.9 Å². The number of nitrogens with zero attached hydrogens (tertiary/aromatic N) is 2. The minimum atomic E-state index is -3.33. The molecule has 176 valence electrons. The average Bonchev–Trinajstić information content (AvgIpc) is 3.11. The average molecular weight is 473 g/mol. The number of methoxy groups -OCH3 is 1. The number of rotatable bonds is 7. The molecule has 1 aromatic rings. The molecule has 3 rings (SSSR count). The quantitative estimate of drug-likeness (QED) is 0.443. The molecule has 0 N–H and O–H groups in total. The first-order valence-electron chi connectivity index (χ1n) is 10.8. The Labute approximate surface area is 194 Å². The van der Waals surface area contributed by atoms with Gasteiger partial charge in [-0.25, -0.2) is 8.42 Å². The molecule has 2 heterocycles. The van der Waals surface area contributed by atoms with Crippen molar-refractivity contribution >= 4 is 27.7 Å². The van der Waals surface area contributed by atoms with Crippen LogP contribution in [0.2, 0.25) is 0 Å². The van der Waals surface area contributed by atoms with Crippen molar-refractivity contribution in [1.29, 1.82) is 5.26 Å². The second kappa shape index (κ2) is 9.79. The largest absolute Gasteiger partial charge is 0.493 e. The highest BCUT2D eigenvalue weighted by Crippen LogP contribution is 2.33. The number of hydrogen-bond acceptors (Lipinski definition) is 7. The summed E-state index contributed by atoms with van der Waals surface area (Å²) in [7, 11) is -1.81.